The minimum atomic E-state index is -2.38. The molecule has 10 rings (SSSR count). The Kier molecular flexibility index (Phi) is 10.7. The van der Waals surface area contributed by atoms with Gasteiger partial charge in [0.2, 0.25) is 5.69 Å². The van der Waals surface area contributed by atoms with Gasteiger partial charge in [0.1, 0.15) is 11.5 Å². The van der Waals surface area contributed by atoms with Gasteiger partial charge in [-0.05, 0) is 84.6 Å². The van der Waals surface area contributed by atoms with Crippen molar-refractivity contribution < 1.29 is 29.9 Å². The fourth-order valence-electron chi connectivity index (χ4n) is 8.92. The Balaban J connectivity index is 0.00000608. The number of ether oxygens (including phenoxy) is 1. The second-order valence-electron chi connectivity index (χ2n) is 20.4. The van der Waals surface area contributed by atoms with Gasteiger partial charge in [0, 0.05) is 51.1 Å². The summed E-state index contributed by atoms with van der Waals surface area (Å²) in [5.41, 5.74) is 12.7. The van der Waals surface area contributed by atoms with Crippen molar-refractivity contribution in [3.8, 4) is 39.6 Å². The summed E-state index contributed by atoms with van der Waals surface area (Å²) in [5, 5.41) is 1.92. The van der Waals surface area contributed by atoms with E-state index in [1.807, 2.05) is 83.4 Å². The molecule has 0 bridgehead atoms. The van der Waals surface area contributed by atoms with Gasteiger partial charge in [-0.1, -0.05) is 169 Å². The van der Waals surface area contributed by atoms with Crippen LogP contribution in [0.3, 0.4) is 0 Å². The van der Waals surface area contributed by atoms with E-state index in [0.29, 0.717) is 28.4 Å². The van der Waals surface area contributed by atoms with Gasteiger partial charge in [-0.2, -0.15) is 12.1 Å². The zero-order valence-electron chi connectivity index (χ0n) is 42.5. The van der Waals surface area contributed by atoms with Gasteiger partial charge in [-0.25, -0.2) is 4.98 Å². The van der Waals surface area contributed by atoms with Gasteiger partial charge in [-0.15, -0.1) is 23.6 Å². The van der Waals surface area contributed by atoms with Crippen LogP contribution in [0, 0.1) is 19.0 Å². The number of benzene rings is 7. The third-order valence-corrected chi connectivity index (χ3v) is 12.6. The number of rotatable bonds is 7. The predicted octanol–water partition coefficient (Wildman–Crippen LogP) is 16.0. The van der Waals surface area contributed by atoms with Crippen LogP contribution >= 0.6 is 0 Å². The summed E-state index contributed by atoms with van der Waals surface area (Å²) >= 11 is 0. The van der Waals surface area contributed by atoms with Crippen LogP contribution < -0.4 is 13.9 Å². The Bertz CT molecular complexity index is 3530. The van der Waals surface area contributed by atoms with E-state index < -0.39 is 6.85 Å². The van der Waals surface area contributed by atoms with Gasteiger partial charge < -0.3 is 9.30 Å². The van der Waals surface area contributed by atoms with Crippen LogP contribution in [0.4, 0.5) is 22.7 Å². The van der Waals surface area contributed by atoms with Crippen LogP contribution in [0.5, 0.6) is 11.5 Å². The minimum absolute atomic E-state index is 0. The molecule has 1 aliphatic rings. The fraction of sp³-hybridized carbons (Fsp3) is 0.213. The number of aryl methyl sites for hydroxylation is 1. The molecule has 7 aromatic carbocycles. The molecule has 9 aromatic rings. The van der Waals surface area contributed by atoms with E-state index in [1.165, 1.54) is 16.7 Å². The fourth-order valence-corrected chi connectivity index (χ4v) is 8.92. The molecule has 334 valence electrons. The van der Waals surface area contributed by atoms with Crippen LogP contribution in [-0.4, -0.2) is 15.6 Å². The Labute approximate surface area is 414 Å². The molecule has 1 aliphatic heterocycles. The van der Waals surface area contributed by atoms with E-state index >= 15 is 0 Å². The summed E-state index contributed by atoms with van der Waals surface area (Å²) in [6, 6.07) is 62.5. The molecule has 0 fully saturated rings. The number of hydrogen-bond donors (Lipinski definition) is 0. The third kappa shape index (κ3) is 8.52. The topological polar surface area (TPSA) is 33.1 Å². The van der Waals surface area contributed by atoms with Crippen molar-refractivity contribution >= 4 is 50.6 Å². The van der Waals surface area contributed by atoms with Crippen LogP contribution in [0.15, 0.2) is 158 Å². The Morgan fingerprint density at radius 1 is 0.597 bits per heavy atom. The first kappa shape index (κ1) is 41.8. The molecule has 0 N–H and O–H groups in total. The zero-order chi connectivity index (χ0) is 48.6. The predicted molar refractivity (Wildman–Crippen MR) is 275 cm³/mol. The summed E-state index contributed by atoms with van der Waals surface area (Å²) in [5.74, 6) is 1.47. The van der Waals surface area contributed by atoms with Gasteiger partial charge >= 0.3 is 32.8 Å². The number of nitrogens with zero attached hydrogens (tertiary/aromatic N) is 4. The summed E-state index contributed by atoms with van der Waals surface area (Å²) in [6.07, 6.45) is 1.58. The first-order valence-corrected chi connectivity index (χ1v) is 22.7. The molecule has 0 unspecified atom stereocenters. The van der Waals surface area contributed by atoms with Gasteiger partial charge in [0.25, 0.3) is 5.69 Å². The molecule has 0 saturated carbocycles. The van der Waals surface area contributed by atoms with E-state index in [0.717, 1.165) is 55.7 Å². The molecule has 6 heteroatoms. The monoisotopic (exact) mass is 1060 g/mol. The molecule has 0 radical (unpaired) electrons. The molecule has 0 aliphatic carbocycles. The smallest absolute Gasteiger partial charge is 0.509 e. The standard InChI is InChI=1S/C61H56N4O.Pt/c1-40-31-32-62-58(56(40)41-19-12-11-13-20-41)65-53-27-15-14-25-51(53)52-30-29-49(38-55(52)65)66-48-24-17-23-46(37-48)63-39-64(47-35-44(60(5,6)7)34-45(36-47)61(8,9)10)57-50(26-18-28-54(57)63)42-21-16-22-43(33-42)59(2,3)4;/h11-36H,1-10H3;/q;+2/i1D3;. The molecule has 0 atom stereocenters. The van der Waals surface area contributed by atoms with Crippen molar-refractivity contribution in [3.63, 3.8) is 0 Å². The Morgan fingerprint density at radius 3 is 2.00 bits per heavy atom. The molecular formula is C61H56N4OPt+2. The summed E-state index contributed by atoms with van der Waals surface area (Å²) in [7, 11) is 0. The molecule has 5 nitrogen and oxygen atoms in total. The third-order valence-electron chi connectivity index (χ3n) is 12.6. The number of pyridine rings is 1. The Morgan fingerprint density at radius 2 is 1.27 bits per heavy atom. The van der Waals surface area contributed by atoms with Crippen molar-refractivity contribution in [3.05, 3.63) is 192 Å². The Hall–Kier alpha value is -6.64. The molecule has 3 heterocycles. The van der Waals surface area contributed by atoms with Gasteiger partial charge in [0.05, 0.1) is 5.56 Å². The van der Waals surface area contributed by atoms with Crippen LogP contribution in [0.25, 0.3) is 49.9 Å². The van der Waals surface area contributed by atoms with Crippen molar-refractivity contribution in [1.82, 2.24) is 18.7 Å². The van der Waals surface area contributed by atoms with E-state index in [9.17, 15) is 0 Å². The largest absolute Gasteiger partial charge is 2.00 e. The first-order chi connectivity index (χ1) is 32.7. The van der Waals surface area contributed by atoms with Crippen molar-refractivity contribution in [2.45, 2.75) is 85.4 Å². The molecule has 0 saturated heterocycles. The normalized spacial score (nSPS) is 13.6. The zero-order valence-corrected chi connectivity index (χ0v) is 41.8. The number of aromatic nitrogens is 2. The average molecular weight is 1060 g/mol. The van der Waals surface area contributed by atoms with E-state index in [-0.39, 0.29) is 42.9 Å². The quantitative estimate of drug-likeness (QED) is 0.118. The van der Waals surface area contributed by atoms with E-state index in [1.54, 1.807) is 12.3 Å². The van der Waals surface area contributed by atoms with Crippen molar-refractivity contribution in [1.29, 1.82) is 0 Å². The average Bonchev–Trinajstić information content (AvgIpc) is 3.87. The second-order valence-corrected chi connectivity index (χ2v) is 20.4. The molecule has 2 aromatic heterocycles. The van der Waals surface area contributed by atoms with Crippen molar-refractivity contribution in [2.24, 2.45) is 0 Å². The van der Waals surface area contributed by atoms with Crippen LogP contribution in [0.1, 0.15) is 88.7 Å². The SMILES string of the molecule is [2H]C([2H])([2H])c1ccnc(-n2c3[c-]c(Oc4[c-]c([N+]5=C=[N+](c6cc(C(C)(C)C)cc(C(C)(C)C)c6)c6c(-c7cccc(C(C)(C)C)c7)cccc65)ccc4)ccc3c3ccccc32)c1-c1ccccc1.[Pt+2]. The van der Waals surface area contributed by atoms with Crippen LogP contribution in [-0.2, 0) is 37.3 Å². The molecular weight excluding hydrogens is 1000 g/mol. The minimum Gasteiger partial charge on any atom is -0.509 e. The van der Waals surface area contributed by atoms with Crippen molar-refractivity contribution in [2.75, 3.05) is 0 Å². The first-order valence-electron chi connectivity index (χ1n) is 24.2. The molecule has 0 spiro atoms. The maximum atomic E-state index is 8.54. The number of hydrogen-bond acceptors (Lipinski definition) is 2. The van der Waals surface area contributed by atoms with Gasteiger partial charge in [-0.3, -0.25) is 0 Å². The van der Waals surface area contributed by atoms with E-state index in [2.05, 4.69) is 156 Å². The number of para-hydroxylation sites is 2. The maximum Gasteiger partial charge on any atom is 2.00 e. The molecule has 67 heavy (non-hydrogen) atoms. The summed E-state index contributed by atoms with van der Waals surface area (Å²) in [4.78, 5) is 4.89. The molecule has 0 amide bonds. The van der Waals surface area contributed by atoms with E-state index in [4.69, 9.17) is 13.8 Å². The number of fused-ring (bicyclic) bond motifs is 4. The second kappa shape index (κ2) is 17.2. The summed E-state index contributed by atoms with van der Waals surface area (Å²) in [6.45, 7) is 18.0. The van der Waals surface area contributed by atoms with Crippen LogP contribution in [0.2, 0.25) is 0 Å². The van der Waals surface area contributed by atoms with Gasteiger partial charge in [0.15, 0.2) is 0 Å². The maximum absolute atomic E-state index is 8.54. The summed E-state index contributed by atoms with van der Waals surface area (Å²) < 4.78 is 38.6.